The van der Waals surface area contributed by atoms with Gasteiger partial charge in [-0.15, -0.1) is 23.1 Å². The van der Waals surface area contributed by atoms with Gasteiger partial charge in [0, 0.05) is 21.7 Å². The van der Waals surface area contributed by atoms with Crippen LogP contribution in [0.2, 0.25) is 0 Å². The summed E-state index contributed by atoms with van der Waals surface area (Å²) < 4.78 is 0. The molecule has 1 heterocycles. The number of thioether (sulfide) groups is 1. The van der Waals surface area contributed by atoms with Crippen LogP contribution in [0.4, 0.5) is 5.13 Å². The number of nitrogens with zero attached hydrogens (tertiary/aromatic N) is 1. The quantitative estimate of drug-likeness (QED) is 0.496. The molecule has 2 rings (SSSR count). The molecule has 0 unspecified atom stereocenters. The Balaban J connectivity index is 1.93. The maximum Gasteiger partial charge on any atom is 0.197 e. The van der Waals surface area contributed by atoms with Gasteiger partial charge < -0.3 is 0 Å². The van der Waals surface area contributed by atoms with Crippen molar-refractivity contribution in [2.24, 2.45) is 5.84 Å². The zero-order valence-electron chi connectivity index (χ0n) is 10.5. The molecule has 0 bridgehead atoms. The highest BCUT2D eigenvalue weighted by Crippen LogP contribution is 2.28. The second kappa shape index (κ2) is 6.22. The summed E-state index contributed by atoms with van der Waals surface area (Å²) >= 11 is 3.41. The van der Waals surface area contributed by atoms with E-state index >= 15 is 0 Å². The Bertz CT molecular complexity index is 491. The minimum absolute atomic E-state index is 0.587. The van der Waals surface area contributed by atoms with Crippen molar-refractivity contribution in [2.45, 2.75) is 30.4 Å². The van der Waals surface area contributed by atoms with E-state index in [1.165, 1.54) is 15.3 Å². The molecule has 0 saturated heterocycles. The van der Waals surface area contributed by atoms with Gasteiger partial charge in [-0.3, -0.25) is 5.43 Å². The molecule has 0 amide bonds. The minimum Gasteiger partial charge on any atom is -0.300 e. The van der Waals surface area contributed by atoms with E-state index in [2.05, 4.69) is 48.5 Å². The summed E-state index contributed by atoms with van der Waals surface area (Å²) in [5, 5.41) is 0.765. The molecule has 2 aromatic rings. The normalized spacial score (nSPS) is 10.9. The van der Waals surface area contributed by atoms with Crippen molar-refractivity contribution in [3.8, 4) is 0 Å². The molecule has 0 saturated carbocycles. The Morgan fingerprint density at radius 2 is 2.06 bits per heavy atom. The van der Waals surface area contributed by atoms with Crippen LogP contribution in [-0.4, -0.2) is 4.98 Å². The lowest BCUT2D eigenvalue weighted by molar-refractivity contribution is 0.865. The second-order valence-corrected chi connectivity index (χ2v) is 6.45. The molecule has 0 radical (unpaired) electrons. The highest BCUT2D eigenvalue weighted by Gasteiger charge is 2.03. The number of rotatable bonds is 5. The summed E-state index contributed by atoms with van der Waals surface area (Å²) in [5.41, 5.74) is 3.94. The predicted octanol–water partition coefficient (Wildman–Crippen LogP) is 3.84. The number of hydrazine groups is 1. The minimum atomic E-state index is 0.587. The number of anilines is 1. The molecule has 0 aliphatic carbocycles. The summed E-state index contributed by atoms with van der Waals surface area (Å²) in [5.74, 6) is 6.82. The maximum absolute atomic E-state index is 5.31. The van der Waals surface area contributed by atoms with Crippen LogP contribution in [0.1, 0.15) is 30.2 Å². The van der Waals surface area contributed by atoms with Crippen LogP contribution in [0.3, 0.4) is 0 Å². The van der Waals surface area contributed by atoms with Crippen LogP contribution >= 0.6 is 23.1 Å². The lowest BCUT2D eigenvalue weighted by atomic mass is 10.0. The van der Waals surface area contributed by atoms with Crippen molar-refractivity contribution in [1.82, 2.24) is 4.98 Å². The third-order valence-electron chi connectivity index (χ3n) is 2.60. The van der Waals surface area contributed by atoms with Gasteiger partial charge in [0.2, 0.25) is 0 Å². The molecule has 3 N–H and O–H groups in total. The van der Waals surface area contributed by atoms with Gasteiger partial charge in [0.05, 0.1) is 0 Å². The van der Waals surface area contributed by atoms with Gasteiger partial charge in [-0.25, -0.2) is 10.8 Å². The Hall–Kier alpha value is -1.04. The first-order valence-electron chi connectivity index (χ1n) is 5.83. The smallest absolute Gasteiger partial charge is 0.197 e. The summed E-state index contributed by atoms with van der Waals surface area (Å²) in [6.07, 6.45) is 1.87. The van der Waals surface area contributed by atoms with Crippen LogP contribution in [-0.2, 0) is 5.75 Å². The third-order valence-corrected chi connectivity index (χ3v) is 4.78. The predicted molar refractivity (Wildman–Crippen MR) is 80.0 cm³/mol. The van der Waals surface area contributed by atoms with Crippen LogP contribution in [0.5, 0.6) is 0 Å². The fourth-order valence-electron chi connectivity index (χ4n) is 1.54. The summed E-state index contributed by atoms with van der Waals surface area (Å²) in [7, 11) is 0. The number of hydrogen-bond acceptors (Lipinski definition) is 5. The van der Waals surface area contributed by atoms with Crippen LogP contribution < -0.4 is 11.3 Å². The first-order chi connectivity index (χ1) is 8.69. The van der Waals surface area contributed by atoms with Gasteiger partial charge in [-0.05, 0) is 23.6 Å². The zero-order valence-corrected chi connectivity index (χ0v) is 12.1. The van der Waals surface area contributed by atoms with Crippen LogP contribution in [0.15, 0.2) is 35.4 Å². The van der Waals surface area contributed by atoms with Crippen LogP contribution in [0, 0.1) is 0 Å². The van der Waals surface area contributed by atoms with Crippen molar-refractivity contribution in [3.05, 3.63) is 40.9 Å². The number of nitrogens with two attached hydrogens (primary N) is 1. The Kier molecular flexibility index (Phi) is 4.63. The first-order valence-corrected chi connectivity index (χ1v) is 7.63. The molecule has 96 valence electrons. The molecule has 1 aromatic carbocycles. The zero-order chi connectivity index (χ0) is 13.0. The molecule has 0 fully saturated rings. The van der Waals surface area contributed by atoms with E-state index in [-0.39, 0.29) is 0 Å². The fraction of sp³-hybridized carbons (Fsp3) is 0.308. The van der Waals surface area contributed by atoms with E-state index in [4.69, 9.17) is 5.84 Å². The van der Waals surface area contributed by atoms with Gasteiger partial charge in [-0.1, -0.05) is 26.0 Å². The lowest BCUT2D eigenvalue weighted by Gasteiger charge is -2.06. The number of hydrogen-bond donors (Lipinski definition) is 2. The largest absolute Gasteiger partial charge is 0.300 e. The number of benzene rings is 1. The SMILES string of the molecule is CC(C)c1ccc(SCc2cnc(NN)s2)cc1. The highest BCUT2D eigenvalue weighted by atomic mass is 32.2. The maximum atomic E-state index is 5.31. The van der Waals surface area contributed by atoms with Gasteiger partial charge in [0.25, 0.3) is 0 Å². The van der Waals surface area contributed by atoms with Crippen molar-refractivity contribution < 1.29 is 0 Å². The standard InChI is InChI=1S/C13H17N3S2/c1-9(2)10-3-5-11(6-4-10)17-8-12-7-15-13(16-14)18-12/h3-7,9H,8,14H2,1-2H3,(H,15,16). The van der Waals surface area contributed by atoms with Gasteiger partial charge >= 0.3 is 0 Å². The van der Waals surface area contributed by atoms with E-state index in [1.807, 2.05) is 18.0 Å². The average Bonchev–Trinajstić information content (AvgIpc) is 2.85. The molecule has 0 atom stereocenters. The molecule has 0 spiro atoms. The number of nitrogens with one attached hydrogen (secondary N) is 1. The topological polar surface area (TPSA) is 50.9 Å². The fourth-order valence-corrected chi connectivity index (χ4v) is 3.19. The Labute approximate surface area is 116 Å². The number of nitrogen functional groups attached to an aromatic ring is 1. The molecule has 18 heavy (non-hydrogen) atoms. The first kappa shape index (κ1) is 13.4. The second-order valence-electron chi connectivity index (χ2n) is 4.29. The van der Waals surface area contributed by atoms with E-state index in [1.54, 1.807) is 11.3 Å². The Morgan fingerprint density at radius 1 is 1.33 bits per heavy atom. The van der Waals surface area contributed by atoms with E-state index < -0.39 is 0 Å². The molecular formula is C13H17N3S2. The van der Waals surface area contributed by atoms with Gasteiger partial charge in [-0.2, -0.15) is 0 Å². The molecule has 3 nitrogen and oxygen atoms in total. The van der Waals surface area contributed by atoms with E-state index in [0.29, 0.717) is 5.92 Å². The highest BCUT2D eigenvalue weighted by molar-refractivity contribution is 7.98. The number of aromatic nitrogens is 1. The van der Waals surface area contributed by atoms with Crippen LogP contribution in [0.25, 0.3) is 0 Å². The molecule has 1 aromatic heterocycles. The van der Waals surface area contributed by atoms with Gasteiger partial charge in [0.1, 0.15) is 0 Å². The average molecular weight is 279 g/mol. The summed E-state index contributed by atoms with van der Waals surface area (Å²) in [6, 6.07) is 8.77. The molecule has 0 aliphatic heterocycles. The van der Waals surface area contributed by atoms with E-state index in [0.717, 1.165) is 10.9 Å². The molecule has 5 heteroatoms. The van der Waals surface area contributed by atoms with Gasteiger partial charge in [0.15, 0.2) is 5.13 Å². The lowest BCUT2D eigenvalue weighted by Crippen LogP contribution is -2.05. The van der Waals surface area contributed by atoms with Crippen molar-refractivity contribution in [1.29, 1.82) is 0 Å². The monoisotopic (exact) mass is 279 g/mol. The number of thiazole rings is 1. The van der Waals surface area contributed by atoms with E-state index in [9.17, 15) is 0 Å². The third kappa shape index (κ3) is 3.48. The Morgan fingerprint density at radius 3 is 2.61 bits per heavy atom. The summed E-state index contributed by atoms with van der Waals surface area (Å²) in [4.78, 5) is 6.66. The molecule has 0 aliphatic rings. The van der Waals surface area contributed by atoms with Crippen molar-refractivity contribution in [2.75, 3.05) is 5.43 Å². The van der Waals surface area contributed by atoms with Crippen molar-refractivity contribution in [3.63, 3.8) is 0 Å². The molecular weight excluding hydrogens is 262 g/mol. The summed E-state index contributed by atoms with van der Waals surface area (Å²) in [6.45, 7) is 4.42. The van der Waals surface area contributed by atoms with Crippen molar-refractivity contribution >= 4 is 28.2 Å².